The van der Waals surface area contributed by atoms with E-state index in [1.807, 2.05) is 16.2 Å². The summed E-state index contributed by atoms with van der Waals surface area (Å²) in [6, 6.07) is 2.26. The van der Waals surface area contributed by atoms with Crippen molar-refractivity contribution < 1.29 is 9.53 Å². The molecule has 2 rings (SSSR count). The molecule has 0 aromatic carbocycles. The molecule has 2 N–H and O–H groups in total. The van der Waals surface area contributed by atoms with Gasteiger partial charge < -0.3 is 15.4 Å². The van der Waals surface area contributed by atoms with Crippen molar-refractivity contribution in [3.8, 4) is 0 Å². The van der Waals surface area contributed by atoms with Gasteiger partial charge in [-0.1, -0.05) is 0 Å². The summed E-state index contributed by atoms with van der Waals surface area (Å²) >= 11 is 1.85. The Kier molecular flexibility index (Phi) is 7.53. The van der Waals surface area contributed by atoms with Crippen molar-refractivity contribution in [1.29, 1.82) is 0 Å². The molecule has 0 radical (unpaired) electrons. The Morgan fingerprint density at radius 2 is 2.09 bits per heavy atom. The van der Waals surface area contributed by atoms with Gasteiger partial charge >= 0.3 is 0 Å². The topological polar surface area (TPSA) is 55.6 Å². The van der Waals surface area contributed by atoms with E-state index in [0.717, 1.165) is 51.8 Å². The Morgan fingerprint density at radius 3 is 2.70 bits per heavy atom. The van der Waals surface area contributed by atoms with E-state index in [1.54, 1.807) is 0 Å². The van der Waals surface area contributed by atoms with Gasteiger partial charge in [0.15, 0.2) is 0 Å². The molecule has 1 saturated heterocycles. The number of thiophene rings is 1. The van der Waals surface area contributed by atoms with E-state index in [2.05, 4.69) is 19.9 Å². The van der Waals surface area contributed by atoms with Crippen LogP contribution in [0.3, 0.4) is 0 Å². The van der Waals surface area contributed by atoms with Gasteiger partial charge in [-0.25, -0.2) is 0 Å². The van der Waals surface area contributed by atoms with Crippen LogP contribution in [0.15, 0.2) is 6.07 Å². The zero-order valence-corrected chi connectivity index (χ0v) is 15.3. The maximum Gasteiger partial charge on any atom is 0.222 e. The Labute approximate surface area is 144 Å². The Hall–Kier alpha value is -0.910. The van der Waals surface area contributed by atoms with E-state index in [9.17, 15) is 4.79 Å². The molecule has 1 aromatic rings. The standard InChI is InChI=1S/C18H30N2O2S/c1-14-13-16(15(2)23-14)5-3-6-18(21)20-10-7-17(8-11-20)22-12-4-9-19/h13,17H,3-12,19H2,1-2H3. The number of rotatable bonds is 8. The third-order valence-electron chi connectivity index (χ3n) is 4.48. The molecule has 2 heterocycles. The van der Waals surface area contributed by atoms with Gasteiger partial charge in [-0.05, 0) is 64.1 Å². The number of hydrogen-bond donors (Lipinski definition) is 1. The number of aryl methyl sites for hydroxylation is 3. The highest BCUT2D eigenvalue weighted by Gasteiger charge is 2.22. The second-order valence-corrected chi connectivity index (χ2v) is 7.85. The van der Waals surface area contributed by atoms with Gasteiger partial charge in [-0.3, -0.25) is 4.79 Å². The Morgan fingerprint density at radius 1 is 1.35 bits per heavy atom. The minimum Gasteiger partial charge on any atom is -0.378 e. The molecule has 1 aromatic heterocycles. The van der Waals surface area contributed by atoms with Crippen molar-refractivity contribution >= 4 is 17.2 Å². The van der Waals surface area contributed by atoms with Crippen molar-refractivity contribution in [1.82, 2.24) is 4.90 Å². The summed E-state index contributed by atoms with van der Waals surface area (Å²) in [6.07, 6.45) is 5.76. The lowest BCUT2D eigenvalue weighted by atomic mass is 10.1. The summed E-state index contributed by atoms with van der Waals surface area (Å²) in [7, 11) is 0. The fraction of sp³-hybridized carbons (Fsp3) is 0.722. The van der Waals surface area contributed by atoms with E-state index < -0.39 is 0 Å². The predicted molar refractivity (Wildman–Crippen MR) is 96.0 cm³/mol. The SMILES string of the molecule is Cc1cc(CCCC(=O)N2CCC(OCCCN)CC2)c(C)s1. The first kappa shape index (κ1) is 18.4. The molecule has 130 valence electrons. The molecule has 0 aliphatic carbocycles. The molecule has 1 amide bonds. The molecule has 4 nitrogen and oxygen atoms in total. The fourth-order valence-corrected chi connectivity index (χ4v) is 4.10. The van der Waals surface area contributed by atoms with Crippen LogP contribution in [0.4, 0.5) is 0 Å². The summed E-state index contributed by atoms with van der Waals surface area (Å²) in [4.78, 5) is 17.1. The molecule has 0 spiro atoms. The molecular formula is C18H30N2O2S. The second kappa shape index (κ2) is 9.40. The number of amides is 1. The number of carbonyl (C=O) groups excluding carboxylic acids is 1. The molecule has 1 aliphatic rings. The number of nitrogens with two attached hydrogens (primary N) is 1. The lowest BCUT2D eigenvalue weighted by Gasteiger charge is -2.32. The average Bonchev–Trinajstić information content (AvgIpc) is 2.86. The Balaban J connectivity index is 1.64. The van der Waals surface area contributed by atoms with Crippen molar-refractivity contribution in [2.45, 2.75) is 58.5 Å². The van der Waals surface area contributed by atoms with E-state index in [-0.39, 0.29) is 0 Å². The maximum absolute atomic E-state index is 12.3. The van der Waals surface area contributed by atoms with E-state index in [1.165, 1.54) is 15.3 Å². The highest BCUT2D eigenvalue weighted by Crippen LogP contribution is 2.22. The largest absolute Gasteiger partial charge is 0.378 e. The third-order valence-corrected chi connectivity index (χ3v) is 5.49. The van der Waals surface area contributed by atoms with Crippen LogP contribution in [0, 0.1) is 13.8 Å². The van der Waals surface area contributed by atoms with Crippen LogP contribution in [0.2, 0.25) is 0 Å². The Bertz CT molecular complexity index is 493. The molecule has 0 atom stereocenters. The molecule has 0 bridgehead atoms. The molecule has 0 unspecified atom stereocenters. The first-order chi connectivity index (χ1) is 11.1. The molecule has 1 aliphatic heterocycles. The summed E-state index contributed by atoms with van der Waals surface area (Å²) < 4.78 is 5.79. The quantitative estimate of drug-likeness (QED) is 0.741. The van der Waals surface area contributed by atoms with Gasteiger partial charge in [0.1, 0.15) is 0 Å². The lowest BCUT2D eigenvalue weighted by molar-refractivity contribution is -0.133. The summed E-state index contributed by atoms with van der Waals surface area (Å²) in [5.74, 6) is 0.301. The minimum atomic E-state index is 0.301. The van der Waals surface area contributed by atoms with Crippen LogP contribution >= 0.6 is 11.3 Å². The van der Waals surface area contributed by atoms with Crippen molar-refractivity contribution in [2.75, 3.05) is 26.2 Å². The predicted octanol–water partition coefficient (Wildman–Crippen LogP) is 3.04. The van der Waals surface area contributed by atoms with Gasteiger partial charge in [0.05, 0.1) is 6.10 Å². The third kappa shape index (κ3) is 5.90. The van der Waals surface area contributed by atoms with Gasteiger partial charge in [-0.2, -0.15) is 0 Å². The summed E-state index contributed by atoms with van der Waals surface area (Å²) in [6.45, 7) is 7.41. The maximum atomic E-state index is 12.3. The second-order valence-electron chi connectivity index (χ2n) is 6.39. The number of nitrogens with zero attached hydrogens (tertiary/aromatic N) is 1. The first-order valence-electron chi connectivity index (χ1n) is 8.75. The number of ether oxygens (including phenoxy) is 1. The highest BCUT2D eigenvalue weighted by molar-refractivity contribution is 7.12. The van der Waals surface area contributed by atoms with Crippen molar-refractivity contribution in [3.05, 3.63) is 21.4 Å². The fourth-order valence-electron chi connectivity index (χ4n) is 3.13. The molecule has 5 heteroatoms. The smallest absolute Gasteiger partial charge is 0.222 e. The molecule has 1 fully saturated rings. The van der Waals surface area contributed by atoms with Gasteiger partial charge in [0.2, 0.25) is 5.91 Å². The lowest BCUT2D eigenvalue weighted by Crippen LogP contribution is -2.41. The van der Waals surface area contributed by atoms with E-state index >= 15 is 0 Å². The number of piperidine rings is 1. The first-order valence-corrected chi connectivity index (χ1v) is 9.57. The van der Waals surface area contributed by atoms with Gasteiger partial charge in [0.25, 0.3) is 0 Å². The van der Waals surface area contributed by atoms with E-state index in [4.69, 9.17) is 10.5 Å². The number of likely N-dealkylation sites (tertiary alicyclic amines) is 1. The number of carbonyl (C=O) groups is 1. The molecule has 23 heavy (non-hydrogen) atoms. The average molecular weight is 339 g/mol. The van der Waals surface area contributed by atoms with E-state index in [0.29, 0.717) is 25.0 Å². The highest BCUT2D eigenvalue weighted by atomic mass is 32.1. The van der Waals surface area contributed by atoms with Crippen LogP contribution in [-0.2, 0) is 16.0 Å². The minimum absolute atomic E-state index is 0.301. The van der Waals surface area contributed by atoms with Crippen LogP contribution in [0.25, 0.3) is 0 Å². The zero-order valence-electron chi connectivity index (χ0n) is 14.5. The molecule has 0 saturated carbocycles. The normalized spacial score (nSPS) is 16.0. The van der Waals surface area contributed by atoms with Gasteiger partial charge in [0, 0.05) is 35.9 Å². The van der Waals surface area contributed by atoms with Crippen LogP contribution in [-0.4, -0.2) is 43.2 Å². The summed E-state index contributed by atoms with van der Waals surface area (Å²) in [5, 5.41) is 0. The number of hydrogen-bond acceptors (Lipinski definition) is 4. The monoisotopic (exact) mass is 338 g/mol. The zero-order chi connectivity index (χ0) is 16.7. The van der Waals surface area contributed by atoms with Crippen molar-refractivity contribution in [3.63, 3.8) is 0 Å². The van der Waals surface area contributed by atoms with Crippen LogP contribution in [0.1, 0.15) is 47.4 Å². The van der Waals surface area contributed by atoms with Gasteiger partial charge in [-0.15, -0.1) is 11.3 Å². The molecular weight excluding hydrogens is 308 g/mol. The van der Waals surface area contributed by atoms with Crippen LogP contribution in [0.5, 0.6) is 0 Å². The van der Waals surface area contributed by atoms with Crippen molar-refractivity contribution in [2.24, 2.45) is 5.73 Å². The summed E-state index contributed by atoms with van der Waals surface area (Å²) in [5.41, 5.74) is 6.88. The van der Waals surface area contributed by atoms with Crippen LogP contribution < -0.4 is 5.73 Å².